The van der Waals surface area contributed by atoms with E-state index < -0.39 is 15.9 Å². The van der Waals surface area contributed by atoms with Gasteiger partial charge in [0.15, 0.2) is 11.6 Å². The van der Waals surface area contributed by atoms with Gasteiger partial charge in [-0.3, -0.25) is 4.79 Å². The number of aromatic hydroxyl groups is 1. The Morgan fingerprint density at radius 3 is 2.50 bits per heavy atom. The normalized spacial score (nSPS) is 11.1. The molecule has 116 valence electrons. The summed E-state index contributed by atoms with van der Waals surface area (Å²) in [4.78, 5) is 15.9. The second-order valence-corrected chi connectivity index (χ2v) is 6.12. The number of carbonyl (C=O) groups excluding carboxylic acids is 1. The van der Waals surface area contributed by atoms with Gasteiger partial charge in [-0.25, -0.2) is 18.1 Å². The van der Waals surface area contributed by atoms with Crippen LogP contribution in [0.3, 0.4) is 0 Å². The molecule has 2 rings (SSSR count). The van der Waals surface area contributed by atoms with Gasteiger partial charge in [0, 0.05) is 18.3 Å². The molecule has 0 fully saturated rings. The number of amides is 1. The molecule has 1 aromatic heterocycles. The van der Waals surface area contributed by atoms with E-state index in [1.807, 2.05) is 0 Å². The van der Waals surface area contributed by atoms with Crippen molar-refractivity contribution in [1.82, 2.24) is 9.71 Å². The number of carbonyl (C=O) groups is 1. The first-order valence-electron chi connectivity index (χ1n) is 6.49. The van der Waals surface area contributed by atoms with E-state index in [-0.39, 0.29) is 28.6 Å². The number of nitrogens with zero attached hydrogens (tertiary/aromatic N) is 1. The van der Waals surface area contributed by atoms with Crippen molar-refractivity contribution in [1.29, 1.82) is 0 Å². The molecule has 3 N–H and O–H groups in total. The monoisotopic (exact) mass is 321 g/mol. The van der Waals surface area contributed by atoms with Gasteiger partial charge in [-0.15, -0.1) is 0 Å². The second-order valence-electron chi connectivity index (χ2n) is 4.35. The van der Waals surface area contributed by atoms with Crippen molar-refractivity contribution >= 4 is 21.7 Å². The van der Waals surface area contributed by atoms with Crippen molar-refractivity contribution in [3.63, 3.8) is 0 Å². The van der Waals surface area contributed by atoms with Gasteiger partial charge >= 0.3 is 0 Å². The van der Waals surface area contributed by atoms with Crippen LogP contribution in [0, 0.1) is 0 Å². The van der Waals surface area contributed by atoms with Gasteiger partial charge in [-0.1, -0.05) is 6.92 Å². The molecule has 22 heavy (non-hydrogen) atoms. The van der Waals surface area contributed by atoms with Crippen molar-refractivity contribution in [3.05, 3.63) is 48.2 Å². The number of rotatable bonds is 5. The average Bonchev–Trinajstić information content (AvgIpc) is 2.49. The molecule has 0 saturated heterocycles. The zero-order chi connectivity index (χ0) is 16.2. The Labute approximate surface area is 128 Å². The molecule has 1 heterocycles. The molecule has 8 heteroatoms. The maximum absolute atomic E-state index is 12.0. The molecule has 0 aliphatic rings. The highest BCUT2D eigenvalue weighted by Gasteiger charge is 2.14. The predicted octanol–water partition coefficient (Wildman–Crippen LogP) is 1.34. The number of benzene rings is 1. The fraction of sp³-hybridized carbons (Fsp3) is 0.143. The van der Waals surface area contributed by atoms with E-state index in [1.54, 1.807) is 6.92 Å². The van der Waals surface area contributed by atoms with Gasteiger partial charge in [-0.05, 0) is 36.4 Å². The summed E-state index contributed by atoms with van der Waals surface area (Å²) in [6.07, 6.45) is 1.43. The molecule has 0 bridgehead atoms. The third-order valence-electron chi connectivity index (χ3n) is 2.78. The molecular formula is C14H15N3O4S. The van der Waals surface area contributed by atoms with Crippen LogP contribution < -0.4 is 10.0 Å². The van der Waals surface area contributed by atoms with Gasteiger partial charge in [0.2, 0.25) is 10.0 Å². The lowest BCUT2D eigenvalue weighted by Crippen LogP contribution is -2.23. The van der Waals surface area contributed by atoms with Crippen LogP contribution in [0.2, 0.25) is 0 Å². The maximum atomic E-state index is 12.0. The van der Waals surface area contributed by atoms with Crippen LogP contribution in [0.4, 0.5) is 5.82 Å². The number of sulfonamides is 1. The maximum Gasteiger partial charge on any atom is 0.256 e. The van der Waals surface area contributed by atoms with Gasteiger partial charge in [0.1, 0.15) is 0 Å². The Morgan fingerprint density at radius 1 is 1.23 bits per heavy atom. The zero-order valence-electron chi connectivity index (χ0n) is 11.8. The molecule has 7 nitrogen and oxygen atoms in total. The third-order valence-corrected chi connectivity index (χ3v) is 4.34. The minimum absolute atomic E-state index is 0.0387. The summed E-state index contributed by atoms with van der Waals surface area (Å²) in [6.45, 7) is 1.96. The van der Waals surface area contributed by atoms with Crippen LogP contribution in [0.1, 0.15) is 17.3 Å². The van der Waals surface area contributed by atoms with Crippen molar-refractivity contribution in [2.24, 2.45) is 0 Å². The Balaban J connectivity index is 2.17. The quantitative estimate of drug-likeness (QED) is 0.770. The fourth-order valence-electron chi connectivity index (χ4n) is 1.73. The second kappa shape index (κ2) is 6.54. The first kappa shape index (κ1) is 15.9. The minimum atomic E-state index is -3.55. The van der Waals surface area contributed by atoms with E-state index in [4.69, 9.17) is 0 Å². The predicted molar refractivity (Wildman–Crippen MR) is 81.2 cm³/mol. The molecular weight excluding hydrogens is 306 g/mol. The van der Waals surface area contributed by atoms with E-state index >= 15 is 0 Å². The molecule has 1 aromatic carbocycles. The molecule has 0 saturated carbocycles. The van der Waals surface area contributed by atoms with E-state index in [2.05, 4.69) is 15.0 Å². The highest BCUT2D eigenvalue weighted by atomic mass is 32.2. The van der Waals surface area contributed by atoms with Gasteiger partial charge in [0.25, 0.3) is 5.91 Å². The summed E-state index contributed by atoms with van der Waals surface area (Å²) in [6, 6.07) is 8.38. The molecule has 0 atom stereocenters. The van der Waals surface area contributed by atoms with Crippen LogP contribution >= 0.6 is 0 Å². The molecule has 0 unspecified atom stereocenters. The number of aromatic nitrogens is 1. The lowest BCUT2D eigenvalue weighted by atomic mass is 10.2. The summed E-state index contributed by atoms with van der Waals surface area (Å²) in [5.74, 6) is -0.611. The Morgan fingerprint density at radius 2 is 1.91 bits per heavy atom. The number of pyridine rings is 1. The van der Waals surface area contributed by atoms with Crippen LogP contribution in [0.5, 0.6) is 5.75 Å². The van der Waals surface area contributed by atoms with Gasteiger partial charge in [0.05, 0.1) is 4.90 Å². The number of anilines is 1. The lowest BCUT2D eigenvalue weighted by Gasteiger charge is -2.07. The summed E-state index contributed by atoms with van der Waals surface area (Å²) in [5.41, 5.74) is 0.250. The minimum Gasteiger partial charge on any atom is -0.504 e. The molecule has 0 aliphatic carbocycles. The van der Waals surface area contributed by atoms with Crippen molar-refractivity contribution < 1.29 is 18.3 Å². The Bertz CT molecular complexity index is 773. The smallest absolute Gasteiger partial charge is 0.256 e. The molecule has 1 amide bonds. The van der Waals surface area contributed by atoms with E-state index in [0.717, 1.165) is 0 Å². The molecule has 0 radical (unpaired) electrons. The summed E-state index contributed by atoms with van der Waals surface area (Å²) in [5, 5.41) is 12.0. The summed E-state index contributed by atoms with van der Waals surface area (Å²) in [7, 11) is -3.55. The highest BCUT2D eigenvalue weighted by molar-refractivity contribution is 7.89. The van der Waals surface area contributed by atoms with Crippen LogP contribution in [0.25, 0.3) is 0 Å². The number of nitrogens with one attached hydrogen (secondary N) is 2. The van der Waals surface area contributed by atoms with Gasteiger partial charge < -0.3 is 10.4 Å². The molecule has 2 aromatic rings. The van der Waals surface area contributed by atoms with E-state index in [1.165, 1.54) is 42.6 Å². The first-order valence-corrected chi connectivity index (χ1v) is 7.97. The summed E-state index contributed by atoms with van der Waals surface area (Å²) < 4.78 is 26.0. The van der Waals surface area contributed by atoms with Crippen LogP contribution in [-0.2, 0) is 10.0 Å². The highest BCUT2D eigenvalue weighted by Crippen LogP contribution is 2.19. The van der Waals surface area contributed by atoms with Crippen molar-refractivity contribution in [2.45, 2.75) is 11.8 Å². The van der Waals surface area contributed by atoms with Crippen LogP contribution in [0.15, 0.2) is 47.5 Å². The number of hydrogen-bond acceptors (Lipinski definition) is 5. The average molecular weight is 321 g/mol. The fourth-order valence-corrected chi connectivity index (χ4v) is 2.77. The first-order chi connectivity index (χ1) is 10.4. The Kier molecular flexibility index (Phi) is 4.74. The van der Waals surface area contributed by atoms with Crippen molar-refractivity contribution in [2.75, 3.05) is 11.9 Å². The molecule has 0 spiro atoms. The summed E-state index contributed by atoms with van der Waals surface area (Å²) >= 11 is 0. The third kappa shape index (κ3) is 3.60. The van der Waals surface area contributed by atoms with Gasteiger partial charge in [-0.2, -0.15) is 0 Å². The SMILES string of the molecule is CCNS(=O)(=O)c1ccc(C(=O)Nc2ncccc2O)cc1. The largest absolute Gasteiger partial charge is 0.504 e. The standard InChI is InChI=1S/C14H15N3O4S/c1-2-16-22(20,21)11-7-5-10(6-8-11)14(19)17-13-12(18)4-3-9-15-13/h3-9,16,18H,2H2,1H3,(H,15,17,19). The van der Waals surface area contributed by atoms with Crippen LogP contribution in [-0.4, -0.2) is 31.0 Å². The van der Waals surface area contributed by atoms with E-state index in [0.29, 0.717) is 0 Å². The molecule has 0 aliphatic heterocycles. The lowest BCUT2D eigenvalue weighted by molar-refractivity contribution is 0.102. The topological polar surface area (TPSA) is 108 Å². The zero-order valence-corrected chi connectivity index (χ0v) is 12.6. The van der Waals surface area contributed by atoms with Crippen molar-refractivity contribution in [3.8, 4) is 5.75 Å². The Hall–Kier alpha value is -2.45. The number of hydrogen-bond donors (Lipinski definition) is 3. The van der Waals surface area contributed by atoms with E-state index in [9.17, 15) is 18.3 Å².